The van der Waals surface area contributed by atoms with Crippen molar-refractivity contribution in [3.05, 3.63) is 77.0 Å². The summed E-state index contributed by atoms with van der Waals surface area (Å²) in [4.78, 5) is 46.0. The summed E-state index contributed by atoms with van der Waals surface area (Å²) in [6, 6.07) is 16.7. The van der Waals surface area contributed by atoms with Gasteiger partial charge in [0.25, 0.3) is 11.8 Å². The quantitative estimate of drug-likeness (QED) is 0.384. The van der Waals surface area contributed by atoms with Crippen molar-refractivity contribution in [2.45, 2.75) is 39.0 Å². The number of fused-ring (bicyclic) bond motifs is 1. The number of hydrogen-bond donors (Lipinski definition) is 1. The molecule has 222 valence electrons. The van der Waals surface area contributed by atoms with Crippen molar-refractivity contribution in [1.82, 2.24) is 19.6 Å². The molecule has 0 bridgehead atoms. The van der Waals surface area contributed by atoms with E-state index < -0.39 is 12.2 Å². The molecule has 1 unspecified atom stereocenters. The smallest absolute Gasteiger partial charge is 0.435 e. The van der Waals surface area contributed by atoms with Crippen LogP contribution in [0.25, 0.3) is 0 Å². The molecule has 2 amide bonds. The molecule has 0 saturated carbocycles. The Morgan fingerprint density at radius 1 is 0.976 bits per heavy atom. The maximum atomic E-state index is 13.5. The molecular weight excluding hydrogens is 536 g/mol. The Morgan fingerprint density at radius 2 is 1.69 bits per heavy atom. The number of unbranched alkanes of at least 4 members (excludes halogenated alkanes) is 1. The monoisotopic (exact) mass is 574 g/mol. The molecule has 3 aromatic rings. The Labute approximate surface area is 246 Å². The van der Waals surface area contributed by atoms with Gasteiger partial charge in [0, 0.05) is 50.1 Å². The third kappa shape index (κ3) is 6.32. The standard InChI is InChI=1S/C31H38N6O5/c1-4-5-19-42-31(40)37-26-21-36(30(39)27(41-3)22-9-7-6-8-10-22)20-25(26)28(33-37)32-29(38)23-11-13-24(14-12-23)35-17-15-34(2)16-18-35/h6-14,27H,4-5,15-21H2,1-3H3,(H,32,33,38). The van der Waals surface area contributed by atoms with Crippen LogP contribution in [0.3, 0.4) is 0 Å². The van der Waals surface area contributed by atoms with Crippen LogP contribution in [0, 0.1) is 0 Å². The number of methoxy groups -OCH3 is 1. The van der Waals surface area contributed by atoms with Crippen molar-refractivity contribution in [2.24, 2.45) is 0 Å². The van der Waals surface area contributed by atoms with E-state index in [0.29, 0.717) is 16.8 Å². The van der Waals surface area contributed by atoms with Crippen molar-refractivity contribution >= 4 is 29.4 Å². The molecule has 2 aromatic carbocycles. The van der Waals surface area contributed by atoms with E-state index in [1.165, 1.54) is 7.11 Å². The zero-order valence-corrected chi connectivity index (χ0v) is 24.4. The highest BCUT2D eigenvalue weighted by molar-refractivity contribution is 6.04. The molecule has 3 heterocycles. The van der Waals surface area contributed by atoms with Gasteiger partial charge < -0.3 is 29.5 Å². The molecule has 42 heavy (non-hydrogen) atoms. The van der Waals surface area contributed by atoms with Crippen LogP contribution in [0.4, 0.5) is 16.3 Å². The van der Waals surface area contributed by atoms with Gasteiger partial charge in [-0.15, -0.1) is 5.10 Å². The number of amides is 2. The number of rotatable bonds is 9. The molecule has 11 heteroatoms. The summed E-state index contributed by atoms with van der Waals surface area (Å²) in [5.41, 5.74) is 3.38. The molecule has 1 fully saturated rings. The summed E-state index contributed by atoms with van der Waals surface area (Å²) in [5.74, 6) is -0.368. The fourth-order valence-electron chi connectivity index (χ4n) is 5.25. The molecule has 1 saturated heterocycles. The van der Waals surface area contributed by atoms with E-state index in [-0.39, 0.29) is 37.3 Å². The number of carbonyl (C=O) groups excluding carboxylic acids is 3. The van der Waals surface area contributed by atoms with Crippen LogP contribution in [0.1, 0.15) is 53.0 Å². The van der Waals surface area contributed by atoms with Gasteiger partial charge in [0.15, 0.2) is 11.9 Å². The largest absolute Gasteiger partial charge is 0.448 e. The van der Waals surface area contributed by atoms with E-state index in [0.717, 1.165) is 55.0 Å². The average molecular weight is 575 g/mol. The Kier molecular flexibility index (Phi) is 9.19. The van der Waals surface area contributed by atoms with Crippen LogP contribution >= 0.6 is 0 Å². The second-order valence-corrected chi connectivity index (χ2v) is 10.7. The normalized spacial score (nSPS) is 15.8. The second kappa shape index (κ2) is 13.2. The molecule has 1 aromatic heterocycles. The van der Waals surface area contributed by atoms with Gasteiger partial charge in [-0.3, -0.25) is 9.59 Å². The van der Waals surface area contributed by atoms with Crippen molar-refractivity contribution in [2.75, 3.05) is 57.2 Å². The number of nitrogens with zero attached hydrogens (tertiary/aromatic N) is 5. The highest BCUT2D eigenvalue weighted by Crippen LogP contribution is 2.33. The summed E-state index contributed by atoms with van der Waals surface area (Å²) < 4.78 is 12.1. The summed E-state index contributed by atoms with van der Waals surface area (Å²) in [6.07, 6.45) is 0.155. The maximum absolute atomic E-state index is 13.5. The van der Waals surface area contributed by atoms with Crippen molar-refractivity contribution < 1.29 is 23.9 Å². The minimum absolute atomic E-state index is 0.131. The van der Waals surface area contributed by atoms with E-state index >= 15 is 0 Å². The zero-order chi connectivity index (χ0) is 29.6. The van der Waals surface area contributed by atoms with E-state index in [9.17, 15) is 14.4 Å². The van der Waals surface area contributed by atoms with Crippen LogP contribution in [-0.2, 0) is 27.4 Å². The fourth-order valence-corrected chi connectivity index (χ4v) is 5.25. The molecule has 0 aliphatic carbocycles. The molecule has 11 nitrogen and oxygen atoms in total. The first-order chi connectivity index (χ1) is 20.4. The van der Waals surface area contributed by atoms with Gasteiger partial charge in [0.2, 0.25) is 0 Å². The van der Waals surface area contributed by atoms with E-state index in [4.69, 9.17) is 9.47 Å². The highest BCUT2D eigenvalue weighted by atomic mass is 16.6. The van der Waals surface area contributed by atoms with Gasteiger partial charge >= 0.3 is 6.09 Å². The van der Waals surface area contributed by atoms with Crippen LogP contribution in [0.2, 0.25) is 0 Å². The average Bonchev–Trinajstić information content (AvgIpc) is 3.59. The molecular formula is C31H38N6O5. The van der Waals surface area contributed by atoms with E-state index in [1.54, 1.807) is 17.0 Å². The maximum Gasteiger partial charge on any atom is 0.435 e. The van der Waals surface area contributed by atoms with Crippen molar-refractivity contribution in [1.29, 1.82) is 0 Å². The lowest BCUT2D eigenvalue weighted by Gasteiger charge is -2.34. The van der Waals surface area contributed by atoms with Gasteiger partial charge in [-0.05, 0) is 43.3 Å². The number of piperazine rings is 1. The minimum Gasteiger partial charge on any atom is -0.448 e. The number of likely N-dealkylation sites (N-methyl/N-ethyl adjacent to an activating group) is 1. The Morgan fingerprint density at radius 3 is 2.36 bits per heavy atom. The first-order valence-electron chi connectivity index (χ1n) is 14.4. The van der Waals surface area contributed by atoms with Crippen molar-refractivity contribution in [3.8, 4) is 0 Å². The number of anilines is 2. The topological polar surface area (TPSA) is 109 Å². The SMILES string of the molecule is CCCCOC(=O)n1nc(NC(=O)c2ccc(N3CCN(C)CC3)cc2)c2c1CN(C(=O)C(OC)c1ccccc1)C2. The van der Waals surface area contributed by atoms with Crippen LogP contribution in [-0.4, -0.2) is 84.4 Å². The van der Waals surface area contributed by atoms with E-state index in [1.807, 2.05) is 49.4 Å². The molecule has 1 atom stereocenters. The number of benzene rings is 2. The third-order valence-electron chi connectivity index (χ3n) is 7.78. The number of hydrogen-bond acceptors (Lipinski definition) is 8. The lowest BCUT2D eigenvalue weighted by atomic mass is 10.1. The number of carbonyl (C=O) groups is 3. The fraction of sp³-hybridized carbons (Fsp3) is 0.419. The summed E-state index contributed by atoms with van der Waals surface area (Å²) >= 11 is 0. The summed E-state index contributed by atoms with van der Waals surface area (Å²) in [7, 11) is 3.61. The predicted molar refractivity (Wildman–Crippen MR) is 158 cm³/mol. The Balaban J connectivity index is 1.35. The van der Waals surface area contributed by atoms with Gasteiger partial charge in [-0.1, -0.05) is 43.7 Å². The zero-order valence-electron chi connectivity index (χ0n) is 24.4. The van der Waals surface area contributed by atoms with Gasteiger partial charge in [0.05, 0.1) is 25.4 Å². The molecule has 2 aliphatic heterocycles. The highest BCUT2D eigenvalue weighted by Gasteiger charge is 2.36. The third-order valence-corrected chi connectivity index (χ3v) is 7.78. The van der Waals surface area contributed by atoms with Gasteiger partial charge in [-0.25, -0.2) is 4.79 Å². The van der Waals surface area contributed by atoms with Gasteiger partial charge in [0.1, 0.15) is 0 Å². The molecule has 5 rings (SSSR count). The number of ether oxygens (including phenoxy) is 2. The summed E-state index contributed by atoms with van der Waals surface area (Å²) in [5, 5.41) is 7.29. The predicted octanol–water partition coefficient (Wildman–Crippen LogP) is 3.90. The Bertz CT molecular complexity index is 1400. The lowest BCUT2D eigenvalue weighted by molar-refractivity contribution is -0.143. The van der Waals surface area contributed by atoms with Crippen LogP contribution < -0.4 is 10.2 Å². The Hall–Kier alpha value is -4.22. The van der Waals surface area contributed by atoms with E-state index in [2.05, 4.69) is 27.3 Å². The summed E-state index contributed by atoms with van der Waals surface area (Å²) in [6.45, 7) is 6.42. The first kappa shape index (κ1) is 29.3. The molecule has 0 radical (unpaired) electrons. The number of aromatic nitrogens is 2. The molecule has 0 spiro atoms. The molecule has 2 aliphatic rings. The van der Waals surface area contributed by atoms with Crippen molar-refractivity contribution in [3.63, 3.8) is 0 Å². The second-order valence-electron chi connectivity index (χ2n) is 10.7. The first-order valence-corrected chi connectivity index (χ1v) is 14.4. The molecule has 1 N–H and O–H groups in total. The van der Waals surface area contributed by atoms with Crippen LogP contribution in [0.15, 0.2) is 54.6 Å². The van der Waals surface area contributed by atoms with Crippen LogP contribution in [0.5, 0.6) is 0 Å². The number of nitrogens with one attached hydrogen (secondary N) is 1. The van der Waals surface area contributed by atoms with Gasteiger partial charge in [-0.2, -0.15) is 4.68 Å². The lowest BCUT2D eigenvalue weighted by Crippen LogP contribution is -2.44. The minimum atomic E-state index is -0.801.